The number of anilines is 3. The molecule has 2 saturated heterocycles. The number of ether oxygens (including phenoxy) is 1. The fourth-order valence-electron chi connectivity index (χ4n) is 5.68. The van der Waals surface area contributed by atoms with E-state index in [0.717, 1.165) is 47.3 Å². The molecule has 0 saturated carbocycles. The molecule has 7 rings (SSSR count). The second-order valence-corrected chi connectivity index (χ2v) is 12.6. The molecule has 0 spiro atoms. The Bertz CT molecular complexity index is 1790. The molecule has 12 heteroatoms. The van der Waals surface area contributed by atoms with E-state index in [1.807, 2.05) is 29.0 Å². The zero-order valence-corrected chi connectivity index (χ0v) is 25.1. The first-order chi connectivity index (χ1) is 21.1. The van der Waals surface area contributed by atoms with Gasteiger partial charge in [0.15, 0.2) is 5.78 Å². The number of Topliss-reactive ketones (excluding diaryl/α,β-unsaturated/α-hetero) is 1. The number of nitrogens with zero attached hydrogens (tertiary/aromatic N) is 5. The van der Waals surface area contributed by atoms with Crippen LogP contribution in [0.1, 0.15) is 28.1 Å². The van der Waals surface area contributed by atoms with Gasteiger partial charge in [-0.1, -0.05) is 0 Å². The number of aromatic nitrogens is 4. The van der Waals surface area contributed by atoms with E-state index in [9.17, 15) is 9.59 Å². The van der Waals surface area contributed by atoms with Gasteiger partial charge in [0.2, 0.25) is 5.95 Å². The molecule has 0 atom stereocenters. The highest BCUT2D eigenvalue weighted by molar-refractivity contribution is 7.14. The maximum absolute atomic E-state index is 14.1. The third-order valence-electron chi connectivity index (χ3n) is 8.00. The predicted molar refractivity (Wildman–Crippen MR) is 171 cm³/mol. The number of thiazole rings is 1. The van der Waals surface area contributed by atoms with Gasteiger partial charge in [0.25, 0.3) is 5.56 Å². The Kier molecular flexibility index (Phi) is 7.98. The zero-order valence-electron chi connectivity index (χ0n) is 23.5. The molecule has 6 heterocycles. The third kappa shape index (κ3) is 5.83. The standard InChI is InChI=1S/C31H31N7O3S2/c39-27(20-5-13-41-14-6-20)25-17-21-18-34-31(35-22-1-3-23(4-2-22)37-11-8-32-9-12-37)36-28(21)38(30(25)40)19-26-24(7-15-42-26)29-33-10-16-43-29/h1-4,7,10,15-18,20,32H,5-6,8-9,11-14,19H2,(H,34,35,36). The maximum atomic E-state index is 14.1. The molecule has 5 aromatic rings. The molecular weight excluding hydrogens is 583 g/mol. The topological polar surface area (TPSA) is 114 Å². The Morgan fingerprint density at radius 1 is 1.05 bits per heavy atom. The number of piperazine rings is 1. The minimum Gasteiger partial charge on any atom is -0.381 e. The summed E-state index contributed by atoms with van der Waals surface area (Å²) in [5.41, 5.74) is 3.32. The van der Waals surface area contributed by atoms with E-state index in [4.69, 9.17) is 9.72 Å². The zero-order chi connectivity index (χ0) is 29.2. The Balaban J connectivity index is 1.25. The third-order valence-corrected chi connectivity index (χ3v) is 9.71. The van der Waals surface area contributed by atoms with Crippen LogP contribution in [0.15, 0.2) is 64.3 Å². The number of ketones is 1. The Labute approximate surface area is 256 Å². The largest absolute Gasteiger partial charge is 0.381 e. The minimum atomic E-state index is -0.340. The van der Waals surface area contributed by atoms with Crippen molar-refractivity contribution < 1.29 is 9.53 Å². The van der Waals surface area contributed by atoms with E-state index in [0.29, 0.717) is 43.0 Å². The second-order valence-electron chi connectivity index (χ2n) is 10.7. The van der Waals surface area contributed by atoms with Gasteiger partial charge in [0.1, 0.15) is 10.7 Å². The first-order valence-electron chi connectivity index (χ1n) is 14.5. The van der Waals surface area contributed by atoms with Crippen molar-refractivity contribution in [2.75, 3.05) is 49.6 Å². The van der Waals surface area contributed by atoms with Crippen molar-refractivity contribution >= 4 is 56.8 Å². The molecule has 220 valence electrons. The van der Waals surface area contributed by atoms with Gasteiger partial charge in [0.05, 0.1) is 12.1 Å². The van der Waals surface area contributed by atoms with Crippen LogP contribution in [0, 0.1) is 5.92 Å². The van der Waals surface area contributed by atoms with Crippen LogP contribution >= 0.6 is 22.7 Å². The predicted octanol–water partition coefficient (Wildman–Crippen LogP) is 4.79. The number of fused-ring (bicyclic) bond motifs is 1. The molecule has 2 aliphatic heterocycles. The fourth-order valence-corrected chi connectivity index (χ4v) is 7.30. The summed E-state index contributed by atoms with van der Waals surface area (Å²) in [5.74, 6) is 0.0125. The van der Waals surface area contributed by atoms with E-state index >= 15 is 0 Å². The van der Waals surface area contributed by atoms with Crippen LogP contribution in [-0.2, 0) is 11.3 Å². The summed E-state index contributed by atoms with van der Waals surface area (Å²) >= 11 is 3.11. The molecule has 43 heavy (non-hydrogen) atoms. The second kappa shape index (κ2) is 12.3. The van der Waals surface area contributed by atoms with Gasteiger partial charge in [-0.15, -0.1) is 22.7 Å². The summed E-state index contributed by atoms with van der Waals surface area (Å²) in [7, 11) is 0. The highest BCUT2D eigenvalue weighted by Gasteiger charge is 2.27. The van der Waals surface area contributed by atoms with Gasteiger partial charge in [-0.2, -0.15) is 4.98 Å². The van der Waals surface area contributed by atoms with Crippen LogP contribution < -0.4 is 21.1 Å². The van der Waals surface area contributed by atoms with Crippen LogP contribution in [0.25, 0.3) is 21.6 Å². The summed E-state index contributed by atoms with van der Waals surface area (Å²) < 4.78 is 7.07. The summed E-state index contributed by atoms with van der Waals surface area (Å²) in [6.07, 6.45) is 4.69. The fraction of sp³-hybridized carbons (Fsp3) is 0.323. The summed E-state index contributed by atoms with van der Waals surface area (Å²) in [5, 5.41) is 12.2. The summed E-state index contributed by atoms with van der Waals surface area (Å²) in [6, 6.07) is 11.9. The van der Waals surface area contributed by atoms with Gasteiger partial charge in [-0.25, -0.2) is 9.97 Å². The molecule has 0 radical (unpaired) electrons. The van der Waals surface area contributed by atoms with E-state index in [-0.39, 0.29) is 29.4 Å². The lowest BCUT2D eigenvalue weighted by atomic mass is 9.91. The van der Waals surface area contributed by atoms with E-state index in [1.165, 1.54) is 5.69 Å². The monoisotopic (exact) mass is 613 g/mol. The van der Waals surface area contributed by atoms with Crippen molar-refractivity contribution in [1.29, 1.82) is 0 Å². The number of thiophene rings is 1. The number of rotatable bonds is 8. The maximum Gasteiger partial charge on any atom is 0.263 e. The minimum absolute atomic E-state index is 0.137. The van der Waals surface area contributed by atoms with Crippen LogP contribution in [-0.4, -0.2) is 64.7 Å². The van der Waals surface area contributed by atoms with Crippen molar-refractivity contribution in [1.82, 2.24) is 24.8 Å². The average molecular weight is 614 g/mol. The van der Waals surface area contributed by atoms with Crippen LogP contribution in [0.5, 0.6) is 0 Å². The normalized spacial score (nSPS) is 16.0. The van der Waals surface area contributed by atoms with Crippen molar-refractivity contribution in [2.45, 2.75) is 19.4 Å². The number of pyridine rings is 1. The van der Waals surface area contributed by atoms with E-state index in [2.05, 4.69) is 37.6 Å². The van der Waals surface area contributed by atoms with Gasteiger partial charge >= 0.3 is 0 Å². The Morgan fingerprint density at radius 2 is 1.86 bits per heavy atom. The number of hydrogen-bond donors (Lipinski definition) is 2. The lowest BCUT2D eigenvalue weighted by Crippen LogP contribution is -2.43. The van der Waals surface area contributed by atoms with Crippen molar-refractivity contribution in [3.05, 3.63) is 80.3 Å². The molecule has 2 aliphatic rings. The average Bonchev–Trinajstić information content (AvgIpc) is 3.76. The van der Waals surface area contributed by atoms with Gasteiger partial charge in [-0.05, 0) is 54.6 Å². The number of hydrogen-bond acceptors (Lipinski definition) is 11. The van der Waals surface area contributed by atoms with Crippen LogP contribution in [0.4, 0.5) is 17.3 Å². The van der Waals surface area contributed by atoms with Crippen LogP contribution in [0.2, 0.25) is 0 Å². The quantitative estimate of drug-likeness (QED) is 0.239. The van der Waals surface area contributed by atoms with Crippen molar-refractivity contribution in [2.24, 2.45) is 5.92 Å². The highest BCUT2D eigenvalue weighted by atomic mass is 32.1. The van der Waals surface area contributed by atoms with Gasteiger partial charge in [-0.3, -0.25) is 14.2 Å². The molecule has 10 nitrogen and oxygen atoms in total. The molecule has 2 fully saturated rings. The van der Waals surface area contributed by atoms with E-state index in [1.54, 1.807) is 45.7 Å². The number of nitrogens with one attached hydrogen (secondary N) is 2. The first kappa shape index (κ1) is 27.8. The molecule has 0 unspecified atom stereocenters. The molecule has 4 aromatic heterocycles. The SMILES string of the molecule is O=C(c1cc2cnc(Nc3ccc(N4CCNCC4)cc3)nc2n(Cc2sccc2-c2nccs2)c1=O)C1CCOCC1. The summed E-state index contributed by atoms with van der Waals surface area (Å²) in [6.45, 7) is 5.24. The highest BCUT2D eigenvalue weighted by Crippen LogP contribution is 2.31. The number of carbonyl (C=O) groups excluding carboxylic acids is 1. The van der Waals surface area contributed by atoms with Gasteiger partial charge in [0, 0.05) is 90.3 Å². The molecule has 1 aromatic carbocycles. The van der Waals surface area contributed by atoms with Crippen LogP contribution in [0.3, 0.4) is 0 Å². The molecule has 0 amide bonds. The Hall–Kier alpha value is -3.97. The lowest BCUT2D eigenvalue weighted by molar-refractivity contribution is 0.0543. The van der Waals surface area contributed by atoms with Crippen molar-refractivity contribution in [3.8, 4) is 10.6 Å². The van der Waals surface area contributed by atoms with Crippen molar-refractivity contribution in [3.63, 3.8) is 0 Å². The Morgan fingerprint density at radius 3 is 2.63 bits per heavy atom. The molecule has 0 aliphatic carbocycles. The molecular formula is C31H31N7O3S2. The smallest absolute Gasteiger partial charge is 0.263 e. The first-order valence-corrected chi connectivity index (χ1v) is 16.2. The number of benzene rings is 1. The van der Waals surface area contributed by atoms with Gasteiger partial charge < -0.3 is 20.3 Å². The lowest BCUT2D eigenvalue weighted by Gasteiger charge is -2.29. The number of carbonyl (C=O) groups is 1. The summed E-state index contributed by atoms with van der Waals surface area (Å²) in [4.78, 5) is 44.8. The van der Waals surface area contributed by atoms with E-state index < -0.39 is 0 Å². The molecule has 0 bridgehead atoms. The molecule has 2 N–H and O–H groups in total.